The number of hydrogen-bond donors (Lipinski definition) is 0. The van der Waals surface area contributed by atoms with E-state index in [1.165, 1.54) is 50.5 Å². The van der Waals surface area contributed by atoms with Gasteiger partial charge in [0.1, 0.15) is 5.82 Å². The van der Waals surface area contributed by atoms with Gasteiger partial charge in [-0.1, -0.05) is 63.2 Å². The molecule has 0 N–H and O–H groups in total. The molecule has 1 aromatic carbocycles. The highest BCUT2D eigenvalue weighted by atomic mass is 79.9. The van der Waals surface area contributed by atoms with E-state index in [0.29, 0.717) is 10.4 Å². The average Bonchev–Trinajstić information content (AvgIpc) is 2.64. The van der Waals surface area contributed by atoms with Gasteiger partial charge in [-0.3, -0.25) is 0 Å². The van der Waals surface area contributed by atoms with Crippen LogP contribution >= 0.6 is 15.9 Å². The Morgan fingerprint density at radius 1 is 1.00 bits per heavy atom. The molecular weight excluding hydrogens is 391 g/mol. The molecule has 1 aliphatic carbocycles. The second-order valence-corrected chi connectivity index (χ2v) is 13.0. The summed E-state index contributed by atoms with van der Waals surface area (Å²) < 4.78 is 14.4. The summed E-state index contributed by atoms with van der Waals surface area (Å²) >= 11 is 3.26. The number of benzene rings is 1. The zero-order valence-electron chi connectivity index (χ0n) is 15.8. The summed E-state index contributed by atoms with van der Waals surface area (Å²) in [5.41, 5.74) is 1.21. The minimum Gasteiger partial charge on any atom is -0.206 e. The van der Waals surface area contributed by atoms with Gasteiger partial charge in [0.2, 0.25) is 0 Å². The Labute approximate surface area is 163 Å². The van der Waals surface area contributed by atoms with Crippen molar-refractivity contribution in [1.82, 2.24) is 0 Å². The second kappa shape index (κ2) is 9.69. The predicted octanol–water partition coefficient (Wildman–Crippen LogP) is 7.69. The molecular formula is C22H34BrFSi. The van der Waals surface area contributed by atoms with Gasteiger partial charge in [-0.05, 0) is 77.1 Å². The summed E-state index contributed by atoms with van der Waals surface area (Å²) in [6.45, 7) is 2.36. The van der Waals surface area contributed by atoms with Crippen molar-refractivity contribution in [2.45, 2.75) is 88.8 Å². The van der Waals surface area contributed by atoms with Crippen LogP contribution in [0.25, 0.3) is 0 Å². The van der Waals surface area contributed by atoms with Gasteiger partial charge in [-0.2, -0.15) is 0 Å². The topological polar surface area (TPSA) is 0 Å². The van der Waals surface area contributed by atoms with Crippen molar-refractivity contribution >= 4 is 24.7 Å². The third-order valence-electron chi connectivity index (χ3n) is 6.91. The minimum absolute atomic E-state index is 0.109. The van der Waals surface area contributed by atoms with E-state index in [2.05, 4.69) is 28.9 Å². The van der Waals surface area contributed by atoms with Crippen LogP contribution in [0.5, 0.6) is 0 Å². The molecule has 0 spiro atoms. The van der Waals surface area contributed by atoms with Crippen molar-refractivity contribution in [3.63, 3.8) is 0 Å². The van der Waals surface area contributed by atoms with E-state index in [-0.39, 0.29) is 14.6 Å². The molecule has 3 rings (SSSR count). The van der Waals surface area contributed by atoms with Crippen LogP contribution in [-0.2, 0) is 0 Å². The highest BCUT2D eigenvalue weighted by Gasteiger charge is 2.25. The van der Waals surface area contributed by atoms with Crippen molar-refractivity contribution in [2.75, 3.05) is 0 Å². The molecule has 0 nitrogen and oxygen atoms in total. The van der Waals surface area contributed by atoms with Crippen LogP contribution in [0.15, 0.2) is 22.7 Å². The van der Waals surface area contributed by atoms with E-state index in [0.717, 1.165) is 11.8 Å². The largest absolute Gasteiger partial charge is 0.206 e. The number of hydrogen-bond acceptors (Lipinski definition) is 0. The monoisotopic (exact) mass is 424 g/mol. The van der Waals surface area contributed by atoms with Crippen LogP contribution in [-0.4, -0.2) is 8.80 Å². The third-order valence-corrected chi connectivity index (χ3v) is 11.2. The SMILES string of the molecule is CCC[Si@H]1CC[C@H](CC[C@H]2CC[C@H](c3ccc(Br)c(F)c3)CC2)CC1. The molecule has 2 fully saturated rings. The van der Waals surface area contributed by atoms with Gasteiger partial charge >= 0.3 is 0 Å². The number of rotatable bonds is 6. The lowest BCUT2D eigenvalue weighted by molar-refractivity contribution is 0.280. The van der Waals surface area contributed by atoms with E-state index < -0.39 is 0 Å². The van der Waals surface area contributed by atoms with Gasteiger partial charge < -0.3 is 0 Å². The molecule has 0 radical (unpaired) electrons. The van der Waals surface area contributed by atoms with Crippen LogP contribution in [0.2, 0.25) is 18.1 Å². The van der Waals surface area contributed by atoms with Gasteiger partial charge in [0.15, 0.2) is 0 Å². The Morgan fingerprint density at radius 2 is 1.64 bits per heavy atom. The molecule has 2 aliphatic rings. The maximum Gasteiger partial charge on any atom is 0.137 e. The van der Waals surface area contributed by atoms with E-state index in [1.54, 1.807) is 37.0 Å². The second-order valence-electron chi connectivity index (χ2n) is 8.64. The molecule has 1 heterocycles. The molecule has 1 aromatic rings. The average molecular weight is 426 g/mol. The van der Waals surface area contributed by atoms with Gasteiger partial charge in [0.25, 0.3) is 0 Å². The first kappa shape index (κ1) is 19.6. The maximum absolute atomic E-state index is 13.8. The molecule has 3 heteroatoms. The van der Waals surface area contributed by atoms with E-state index >= 15 is 0 Å². The highest BCUT2D eigenvalue weighted by Crippen LogP contribution is 2.40. The zero-order chi connectivity index (χ0) is 17.6. The van der Waals surface area contributed by atoms with Crippen LogP contribution in [0.4, 0.5) is 4.39 Å². The van der Waals surface area contributed by atoms with Crippen LogP contribution < -0.4 is 0 Å². The lowest BCUT2D eigenvalue weighted by Crippen LogP contribution is -2.22. The Balaban J connectivity index is 1.37. The van der Waals surface area contributed by atoms with Crippen LogP contribution in [0, 0.1) is 17.7 Å². The zero-order valence-corrected chi connectivity index (χ0v) is 18.5. The van der Waals surface area contributed by atoms with Crippen molar-refractivity contribution in [2.24, 2.45) is 11.8 Å². The first-order chi connectivity index (χ1) is 12.2. The van der Waals surface area contributed by atoms with E-state index in [9.17, 15) is 4.39 Å². The smallest absolute Gasteiger partial charge is 0.137 e. The van der Waals surface area contributed by atoms with Crippen molar-refractivity contribution < 1.29 is 4.39 Å². The normalized spacial score (nSPS) is 30.4. The van der Waals surface area contributed by atoms with Gasteiger partial charge in [0.05, 0.1) is 4.47 Å². The fourth-order valence-corrected chi connectivity index (χ4v) is 9.05. The van der Waals surface area contributed by atoms with Gasteiger partial charge in [-0.25, -0.2) is 4.39 Å². The third kappa shape index (κ3) is 5.66. The first-order valence-corrected chi connectivity index (χ1v) is 13.8. The summed E-state index contributed by atoms with van der Waals surface area (Å²) in [6, 6.07) is 10.6. The summed E-state index contributed by atoms with van der Waals surface area (Å²) in [5.74, 6) is 2.44. The van der Waals surface area contributed by atoms with Crippen LogP contribution in [0.1, 0.15) is 76.2 Å². The fourth-order valence-electron chi connectivity index (χ4n) is 5.24. The summed E-state index contributed by atoms with van der Waals surface area (Å²) in [7, 11) is -0.309. The van der Waals surface area contributed by atoms with Gasteiger partial charge in [0, 0.05) is 8.80 Å². The minimum atomic E-state index is -0.309. The molecule has 1 saturated carbocycles. The Bertz CT molecular complexity index is 531. The highest BCUT2D eigenvalue weighted by molar-refractivity contribution is 9.10. The van der Waals surface area contributed by atoms with Gasteiger partial charge in [-0.15, -0.1) is 0 Å². The van der Waals surface area contributed by atoms with Crippen molar-refractivity contribution in [3.8, 4) is 0 Å². The van der Waals surface area contributed by atoms with Crippen molar-refractivity contribution in [1.29, 1.82) is 0 Å². The summed E-state index contributed by atoms with van der Waals surface area (Å²) in [6.07, 6.45) is 12.7. The summed E-state index contributed by atoms with van der Waals surface area (Å²) in [4.78, 5) is 0. The van der Waals surface area contributed by atoms with Crippen LogP contribution in [0.3, 0.4) is 0 Å². The molecule has 1 saturated heterocycles. The molecule has 0 atom stereocenters. The maximum atomic E-state index is 13.8. The Kier molecular flexibility index (Phi) is 7.60. The van der Waals surface area contributed by atoms with E-state index in [1.807, 2.05) is 6.07 Å². The fraction of sp³-hybridized carbons (Fsp3) is 0.727. The molecule has 25 heavy (non-hydrogen) atoms. The lowest BCUT2D eigenvalue weighted by atomic mass is 9.76. The quantitative estimate of drug-likeness (QED) is 0.410. The Hall–Kier alpha value is -0.153. The molecule has 140 valence electrons. The predicted molar refractivity (Wildman–Crippen MR) is 113 cm³/mol. The first-order valence-electron chi connectivity index (χ1n) is 10.6. The number of halogens is 2. The molecule has 0 unspecified atom stereocenters. The summed E-state index contributed by atoms with van der Waals surface area (Å²) in [5, 5.41) is 0. The van der Waals surface area contributed by atoms with E-state index in [4.69, 9.17) is 0 Å². The molecule has 0 aromatic heterocycles. The Morgan fingerprint density at radius 3 is 2.24 bits per heavy atom. The molecule has 1 aliphatic heterocycles. The molecule has 0 bridgehead atoms. The molecule has 0 amide bonds. The standard InChI is InChI=1S/C22H34BrFSi/c1-2-13-25-14-11-18(12-15-25)4-3-17-5-7-19(8-6-17)20-9-10-21(23)22(24)16-20/h9-10,16-19,25H,2-8,11-15H2,1H3/t17-,18-,19-,25-. The van der Waals surface area contributed by atoms with Crippen molar-refractivity contribution in [3.05, 3.63) is 34.1 Å². The lowest BCUT2D eigenvalue weighted by Gasteiger charge is -2.32.